The lowest BCUT2D eigenvalue weighted by Gasteiger charge is -2.42. The Morgan fingerprint density at radius 2 is 1.88 bits per heavy atom. The average molecular weight is 466 g/mol. The standard InChI is InChI=1S/C26H28ClN3O3/c1-25-12-13-30(17-26(10-11-26)24(31)32)15-20(25)14-28-23(29-25)19-4-8-22(9-5-19)33-16-18-2-6-21(27)7-3-18/h2-9,14H,10-13,15-17H2,1H3,(H,28,29)(H,31,32). The Labute approximate surface area is 198 Å². The molecule has 0 amide bonds. The van der Waals surface area contributed by atoms with Gasteiger partial charge in [0.1, 0.15) is 18.2 Å². The highest BCUT2D eigenvalue weighted by atomic mass is 35.5. The summed E-state index contributed by atoms with van der Waals surface area (Å²) in [5.41, 5.74) is 2.50. The number of carboxylic acid groups (broad SMARTS) is 1. The highest BCUT2D eigenvalue weighted by Gasteiger charge is 2.52. The van der Waals surface area contributed by atoms with E-state index in [4.69, 9.17) is 21.3 Å². The molecule has 5 rings (SSSR count). The smallest absolute Gasteiger partial charge is 0.310 e. The molecule has 1 unspecified atom stereocenters. The molecule has 1 saturated heterocycles. The number of hydrogen-bond acceptors (Lipinski definition) is 5. The number of ether oxygens (including phenoxy) is 1. The fraction of sp³-hybridized carbons (Fsp3) is 0.385. The molecule has 2 heterocycles. The maximum atomic E-state index is 11.6. The summed E-state index contributed by atoms with van der Waals surface area (Å²) in [6.45, 7) is 4.90. The van der Waals surface area contributed by atoms with Crippen molar-refractivity contribution in [2.75, 3.05) is 19.6 Å². The van der Waals surface area contributed by atoms with Crippen molar-refractivity contribution >= 4 is 23.4 Å². The van der Waals surface area contributed by atoms with Crippen LogP contribution in [0.1, 0.15) is 37.3 Å². The summed E-state index contributed by atoms with van der Waals surface area (Å²) >= 11 is 5.93. The number of aliphatic carboxylic acids is 1. The lowest BCUT2D eigenvalue weighted by Crippen LogP contribution is -2.49. The molecule has 7 heteroatoms. The second-order valence-corrected chi connectivity index (χ2v) is 9.97. The fourth-order valence-electron chi connectivity index (χ4n) is 4.55. The summed E-state index contributed by atoms with van der Waals surface area (Å²) in [4.78, 5) is 18.9. The van der Waals surface area contributed by atoms with Crippen molar-refractivity contribution in [3.8, 4) is 5.75 Å². The quantitative estimate of drug-likeness (QED) is 0.630. The van der Waals surface area contributed by atoms with Crippen LogP contribution in [0.4, 0.5) is 0 Å². The van der Waals surface area contributed by atoms with Gasteiger partial charge < -0.3 is 15.2 Å². The molecule has 1 saturated carbocycles. The van der Waals surface area contributed by atoms with Crippen LogP contribution in [0.3, 0.4) is 0 Å². The third-order valence-electron chi connectivity index (χ3n) is 7.02. The Hall–Kier alpha value is -2.83. The normalized spacial score (nSPS) is 23.6. The largest absolute Gasteiger partial charge is 0.489 e. The van der Waals surface area contributed by atoms with E-state index in [0.717, 1.165) is 55.1 Å². The lowest BCUT2D eigenvalue weighted by molar-refractivity contribution is -0.144. The van der Waals surface area contributed by atoms with E-state index in [9.17, 15) is 9.90 Å². The number of halogens is 1. The van der Waals surface area contributed by atoms with Crippen LogP contribution in [0, 0.1) is 5.41 Å². The van der Waals surface area contributed by atoms with Crippen molar-refractivity contribution in [1.82, 2.24) is 10.2 Å². The maximum Gasteiger partial charge on any atom is 0.310 e. The summed E-state index contributed by atoms with van der Waals surface area (Å²) in [5, 5.41) is 13.6. The first kappa shape index (κ1) is 22.0. The summed E-state index contributed by atoms with van der Waals surface area (Å²) in [5.74, 6) is 0.990. The molecule has 2 N–H and O–H groups in total. The van der Waals surface area contributed by atoms with Gasteiger partial charge in [-0.2, -0.15) is 0 Å². The Morgan fingerprint density at radius 1 is 1.15 bits per heavy atom. The number of hydrogen-bond donors (Lipinski definition) is 2. The molecule has 172 valence electrons. The number of carbonyl (C=O) groups is 1. The van der Waals surface area contributed by atoms with Gasteiger partial charge in [-0.05, 0) is 73.7 Å². The molecule has 0 bridgehead atoms. The van der Waals surface area contributed by atoms with Gasteiger partial charge in [0, 0.05) is 36.4 Å². The van der Waals surface area contributed by atoms with Crippen LogP contribution in [-0.2, 0) is 11.4 Å². The highest BCUT2D eigenvalue weighted by Crippen LogP contribution is 2.47. The van der Waals surface area contributed by atoms with Gasteiger partial charge in [0.05, 0.1) is 11.0 Å². The van der Waals surface area contributed by atoms with Crippen LogP contribution in [-0.4, -0.2) is 47.0 Å². The van der Waals surface area contributed by atoms with Crippen LogP contribution in [0.2, 0.25) is 5.02 Å². The molecule has 0 radical (unpaired) electrons. The van der Waals surface area contributed by atoms with E-state index >= 15 is 0 Å². The Kier molecular flexibility index (Phi) is 5.67. The van der Waals surface area contributed by atoms with Crippen molar-refractivity contribution in [3.63, 3.8) is 0 Å². The number of piperidine rings is 1. The van der Waals surface area contributed by atoms with Gasteiger partial charge in [0.25, 0.3) is 0 Å². The highest BCUT2D eigenvalue weighted by molar-refractivity contribution is 6.30. The molecular formula is C26H28ClN3O3. The summed E-state index contributed by atoms with van der Waals surface area (Å²) in [7, 11) is 0. The summed E-state index contributed by atoms with van der Waals surface area (Å²) in [6, 6.07) is 15.6. The predicted octanol–water partition coefficient (Wildman–Crippen LogP) is 4.48. The Balaban J connectivity index is 1.21. The van der Waals surface area contributed by atoms with E-state index in [1.54, 1.807) is 0 Å². The number of fused-ring (bicyclic) bond motifs is 1. The maximum absolute atomic E-state index is 11.6. The van der Waals surface area contributed by atoms with Gasteiger partial charge in [0.2, 0.25) is 0 Å². The third-order valence-corrected chi connectivity index (χ3v) is 7.27. The van der Waals surface area contributed by atoms with Crippen molar-refractivity contribution in [2.24, 2.45) is 10.4 Å². The molecule has 2 aromatic rings. The van der Waals surface area contributed by atoms with Gasteiger partial charge >= 0.3 is 5.97 Å². The molecule has 1 aliphatic carbocycles. The van der Waals surface area contributed by atoms with Crippen LogP contribution in [0.25, 0.3) is 0 Å². The molecule has 0 aromatic heterocycles. The predicted molar refractivity (Wildman–Crippen MR) is 129 cm³/mol. The zero-order valence-electron chi connectivity index (χ0n) is 18.7. The molecule has 2 aromatic carbocycles. The van der Waals surface area contributed by atoms with E-state index < -0.39 is 11.4 Å². The second-order valence-electron chi connectivity index (χ2n) is 9.53. The van der Waals surface area contributed by atoms with Gasteiger partial charge in [-0.3, -0.25) is 14.7 Å². The van der Waals surface area contributed by atoms with Crippen LogP contribution >= 0.6 is 11.6 Å². The molecule has 2 fully saturated rings. The summed E-state index contributed by atoms with van der Waals surface area (Å²) < 4.78 is 5.89. The first-order valence-electron chi connectivity index (χ1n) is 11.3. The molecule has 2 aliphatic heterocycles. The molecule has 0 spiro atoms. The monoisotopic (exact) mass is 465 g/mol. The van der Waals surface area contributed by atoms with E-state index in [1.165, 1.54) is 5.57 Å². The van der Waals surface area contributed by atoms with Crippen LogP contribution in [0.5, 0.6) is 5.75 Å². The van der Waals surface area contributed by atoms with Gasteiger partial charge in [-0.15, -0.1) is 0 Å². The number of nitrogens with zero attached hydrogens (tertiary/aromatic N) is 2. The van der Waals surface area contributed by atoms with E-state index in [1.807, 2.05) is 48.5 Å². The zero-order chi connectivity index (χ0) is 23.1. The number of carboxylic acids is 1. The second kappa shape index (κ2) is 8.50. The zero-order valence-corrected chi connectivity index (χ0v) is 19.4. The first-order chi connectivity index (χ1) is 15.9. The van der Waals surface area contributed by atoms with Crippen molar-refractivity contribution < 1.29 is 14.6 Å². The minimum atomic E-state index is -0.660. The first-order valence-corrected chi connectivity index (χ1v) is 11.7. The van der Waals surface area contributed by atoms with Crippen molar-refractivity contribution in [3.05, 3.63) is 76.5 Å². The molecular weight excluding hydrogens is 438 g/mol. The van der Waals surface area contributed by atoms with E-state index in [2.05, 4.69) is 23.3 Å². The van der Waals surface area contributed by atoms with Gasteiger partial charge in [-0.1, -0.05) is 23.7 Å². The van der Waals surface area contributed by atoms with Crippen LogP contribution < -0.4 is 10.1 Å². The Morgan fingerprint density at radius 3 is 2.55 bits per heavy atom. The SMILES string of the molecule is CC12CCN(CC3(C(=O)O)CC3)CC1=CNC(c1ccc(OCc3ccc(Cl)cc3)cc1)=N2. The lowest BCUT2D eigenvalue weighted by atomic mass is 9.84. The average Bonchev–Trinajstić information content (AvgIpc) is 3.60. The topological polar surface area (TPSA) is 74.2 Å². The number of nitrogens with one attached hydrogen (secondary N) is 1. The number of rotatable bonds is 7. The van der Waals surface area contributed by atoms with Gasteiger partial charge in [0.15, 0.2) is 0 Å². The van der Waals surface area contributed by atoms with E-state index in [-0.39, 0.29) is 5.54 Å². The molecule has 33 heavy (non-hydrogen) atoms. The number of benzene rings is 2. The molecule has 3 aliphatic rings. The minimum absolute atomic E-state index is 0.263. The van der Waals surface area contributed by atoms with Crippen molar-refractivity contribution in [2.45, 2.75) is 38.3 Å². The number of likely N-dealkylation sites (tertiary alicyclic amines) is 1. The summed E-state index contributed by atoms with van der Waals surface area (Å²) in [6.07, 6.45) is 4.51. The minimum Gasteiger partial charge on any atom is -0.489 e. The van der Waals surface area contributed by atoms with Crippen LogP contribution in [0.15, 0.2) is 65.3 Å². The van der Waals surface area contributed by atoms with Gasteiger partial charge in [-0.25, -0.2) is 0 Å². The number of aliphatic imine (C=N–C) groups is 1. The molecule has 1 atom stereocenters. The fourth-order valence-corrected chi connectivity index (χ4v) is 4.67. The van der Waals surface area contributed by atoms with Crippen molar-refractivity contribution in [1.29, 1.82) is 0 Å². The molecule has 6 nitrogen and oxygen atoms in total. The number of amidine groups is 1. The third kappa shape index (κ3) is 4.63. The Bertz CT molecular complexity index is 1110. The van der Waals surface area contributed by atoms with E-state index in [0.29, 0.717) is 18.2 Å².